The van der Waals surface area contributed by atoms with Gasteiger partial charge in [-0.2, -0.15) is 5.10 Å². The average Bonchev–Trinajstić information content (AvgIpc) is 2.54. The molecule has 0 aliphatic heterocycles. The summed E-state index contributed by atoms with van der Waals surface area (Å²) >= 11 is 0. The molecule has 8 heteroatoms. The molecule has 14 heavy (non-hydrogen) atoms. The standard InChI is InChI=1S/C6H8ClFN2O3S/c7-14(12,13)6-2-9-10(3-6)5(1-8)4-11/h2-3,5,11H,1,4H2/t5-/m1/s1. The van der Waals surface area contributed by atoms with E-state index < -0.39 is 28.4 Å². The number of halogens is 2. The molecule has 0 aromatic carbocycles. The van der Waals surface area contributed by atoms with Crippen LogP contribution < -0.4 is 0 Å². The highest BCUT2D eigenvalue weighted by Crippen LogP contribution is 2.15. The summed E-state index contributed by atoms with van der Waals surface area (Å²) in [6, 6.07) is -0.873. The Balaban J connectivity index is 2.99. The largest absolute Gasteiger partial charge is 0.394 e. The first-order valence-corrected chi connectivity index (χ1v) is 5.95. The molecule has 0 unspecified atom stereocenters. The fraction of sp³-hybridized carbons (Fsp3) is 0.500. The van der Waals surface area contributed by atoms with Gasteiger partial charge >= 0.3 is 0 Å². The van der Waals surface area contributed by atoms with Crippen LogP contribution in [0.5, 0.6) is 0 Å². The Morgan fingerprint density at radius 1 is 1.71 bits per heavy atom. The first kappa shape index (κ1) is 11.4. The summed E-state index contributed by atoms with van der Waals surface area (Å²) in [5.74, 6) is 0. The van der Waals surface area contributed by atoms with Crippen molar-refractivity contribution in [2.24, 2.45) is 0 Å². The third-order valence-corrected chi connectivity index (χ3v) is 2.93. The summed E-state index contributed by atoms with van der Waals surface area (Å²) in [6.07, 6.45) is 2.07. The number of rotatable bonds is 4. The van der Waals surface area contributed by atoms with Crippen molar-refractivity contribution in [3.8, 4) is 0 Å². The number of aliphatic hydroxyl groups excluding tert-OH is 1. The summed E-state index contributed by atoms with van der Waals surface area (Å²) in [5.41, 5.74) is 0. The zero-order valence-electron chi connectivity index (χ0n) is 6.97. The predicted molar refractivity (Wildman–Crippen MR) is 47.4 cm³/mol. The molecule has 0 saturated heterocycles. The Hall–Kier alpha value is -0.660. The first-order chi connectivity index (χ1) is 6.49. The van der Waals surface area contributed by atoms with Crippen LogP contribution in [0.2, 0.25) is 0 Å². The highest BCUT2D eigenvalue weighted by atomic mass is 35.7. The molecule has 0 aliphatic rings. The molecule has 0 saturated carbocycles. The second kappa shape index (κ2) is 4.24. The SMILES string of the molecule is O=S(=O)(Cl)c1cnn([C@@H](CO)CF)c1. The molecule has 0 aliphatic carbocycles. The van der Waals surface area contributed by atoms with Crippen molar-refractivity contribution in [1.82, 2.24) is 9.78 Å². The van der Waals surface area contributed by atoms with Gasteiger partial charge in [0.05, 0.1) is 12.8 Å². The zero-order chi connectivity index (χ0) is 10.8. The highest BCUT2D eigenvalue weighted by Gasteiger charge is 2.16. The Labute approximate surface area is 84.5 Å². The minimum absolute atomic E-state index is 0.217. The molecular weight excluding hydrogens is 235 g/mol. The molecule has 0 radical (unpaired) electrons. The molecule has 0 bridgehead atoms. The van der Waals surface area contributed by atoms with Crippen LogP contribution in [0.3, 0.4) is 0 Å². The third-order valence-electron chi connectivity index (χ3n) is 1.62. The quantitative estimate of drug-likeness (QED) is 0.772. The van der Waals surface area contributed by atoms with Gasteiger partial charge in [0.25, 0.3) is 9.05 Å². The van der Waals surface area contributed by atoms with Crippen LogP contribution >= 0.6 is 10.7 Å². The van der Waals surface area contributed by atoms with E-state index in [9.17, 15) is 12.8 Å². The van der Waals surface area contributed by atoms with Crippen molar-refractivity contribution in [3.63, 3.8) is 0 Å². The lowest BCUT2D eigenvalue weighted by atomic mass is 10.4. The topological polar surface area (TPSA) is 72.2 Å². The number of nitrogens with zero attached hydrogens (tertiary/aromatic N) is 2. The Bertz CT molecular complexity index is 401. The molecule has 5 nitrogen and oxygen atoms in total. The molecule has 0 fully saturated rings. The van der Waals surface area contributed by atoms with Crippen LogP contribution in [-0.4, -0.2) is 36.6 Å². The molecule has 1 rings (SSSR count). The lowest BCUT2D eigenvalue weighted by Crippen LogP contribution is -2.15. The van der Waals surface area contributed by atoms with Gasteiger partial charge < -0.3 is 5.11 Å². The normalized spacial score (nSPS) is 14.2. The minimum atomic E-state index is -3.85. The number of aliphatic hydroxyl groups is 1. The van der Waals surface area contributed by atoms with Gasteiger partial charge in [0.2, 0.25) is 0 Å². The van der Waals surface area contributed by atoms with E-state index in [1.807, 2.05) is 0 Å². The highest BCUT2D eigenvalue weighted by molar-refractivity contribution is 8.13. The lowest BCUT2D eigenvalue weighted by Gasteiger charge is -2.08. The van der Waals surface area contributed by atoms with E-state index in [4.69, 9.17) is 15.8 Å². The second-order valence-electron chi connectivity index (χ2n) is 2.58. The van der Waals surface area contributed by atoms with Crippen molar-refractivity contribution >= 4 is 19.7 Å². The van der Waals surface area contributed by atoms with Crippen molar-refractivity contribution in [3.05, 3.63) is 12.4 Å². The molecule has 1 heterocycles. The molecule has 0 spiro atoms. The van der Waals surface area contributed by atoms with Gasteiger partial charge in [-0.1, -0.05) is 0 Å². The maximum Gasteiger partial charge on any atom is 0.264 e. The van der Waals surface area contributed by atoms with Crippen LogP contribution in [0.25, 0.3) is 0 Å². The summed E-state index contributed by atoms with van der Waals surface area (Å²) in [7, 11) is 1.18. The van der Waals surface area contributed by atoms with E-state index in [1.165, 1.54) is 0 Å². The van der Waals surface area contributed by atoms with Gasteiger partial charge in [-0.25, -0.2) is 12.8 Å². The molecule has 1 N–H and O–H groups in total. The van der Waals surface area contributed by atoms with Gasteiger partial charge in [0, 0.05) is 16.9 Å². The molecule has 1 aromatic heterocycles. The van der Waals surface area contributed by atoms with E-state index in [-0.39, 0.29) is 4.90 Å². The van der Waals surface area contributed by atoms with Gasteiger partial charge in [0.1, 0.15) is 17.6 Å². The Kier molecular flexibility index (Phi) is 3.46. The summed E-state index contributed by atoms with van der Waals surface area (Å²) in [5, 5.41) is 12.3. The smallest absolute Gasteiger partial charge is 0.264 e. The van der Waals surface area contributed by atoms with Crippen LogP contribution in [0, 0.1) is 0 Å². The monoisotopic (exact) mass is 242 g/mol. The maximum absolute atomic E-state index is 12.2. The predicted octanol–water partition coefficient (Wildman–Crippen LogP) is 0.314. The molecule has 80 valence electrons. The number of hydrogen-bond acceptors (Lipinski definition) is 4. The Morgan fingerprint density at radius 3 is 2.71 bits per heavy atom. The van der Waals surface area contributed by atoms with E-state index in [0.717, 1.165) is 17.1 Å². The zero-order valence-corrected chi connectivity index (χ0v) is 8.54. The van der Waals surface area contributed by atoms with Crippen LogP contribution in [0.1, 0.15) is 6.04 Å². The molecular formula is C6H8ClFN2O3S. The van der Waals surface area contributed by atoms with Crippen LogP contribution in [-0.2, 0) is 9.05 Å². The van der Waals surface area contributed by atoms with Crippen molar-refractivity contribution in [2.45, 2.75) is 10.9 Å². The van der Waals surface area contributed by atoms with Crippen molar-refractivity contribution in [1.29, 1.82) is 0 Å². The summed E-state index contributed by atoms with van der Waals surface area (Å²) < 4.78 is 34.9. The van der Waals surface area contributed by atoms with E-state index in [2.05, 4.69) is 5.10 Å². The first-order valence-electron chi connectivity index (χ1n) is 3.64. The Morgan fingerprint density at radius 2 is 2.36 bits per heavy atom. The van der Waals surface area contributed by atoms with Gasteiger partial charge in [0.15, 0.2) is 0 Å². The van der Waals surface area contributed by atoms with Crippen LogP contribution in [0.15, 0.2) is 17.3 Å². The summed E-state index contributed by atoms with van der Waals surface area (Å²) in [4.78, 5) is -0.217. The average molecular weight is 243 g/mol. The molecule has 1 aromatic rings. The maximum atomic E-state index is 12.2. The van der Waals surface area contributed by atoms with Gasteiger partial charge in [-0.3, -0.25) is 4.68 Å². The second-order valence-corrected chi connectivity index (χ2v) is 5.15. The number of hydrogen-bond donors (Lipinski definition) is 1. The van der Waals surface area contributed by atoms with E-state index in [0.29, 0.717) is 0 Å². The van der Waals surface area contributed by atoms with Crippen molar-refractivity contribution in [2.75, 3.05) is 13.3 Å². The van der Waals surface area contributed by atoms with E-state index >= 15 is 0 Å². The van der Waals surface area contributed by atoms with Crippen LogP contribution in [0.4, 0.5) is 4.39 Å². The number of aromatic nitrogens is 2. The lowest BCUT2D eigenvalue weighted by molar-refractivity contribution is 0.190. The van der Waals surface area contributed by atoms with E-state index in [1.54, 1.807) is 0 Å². The molecule has 1 atom stereocenters. The summed E-state index contributed by atoms with van der Waals surface area (Å²) in [6.45, 7) is -1.29. The fourth-order valence-corrected chi connectivity index (χ4v) is 1.50. The van der Waals surface area contributed by atoms with Gasteiger partial charge in [-0.15, -0.1) is 0 Å². The van der Waals surface area contributed by atoms with Gasteiger partial charge in [-0.05, 0) is 0 Å². The fourth-order valence-electron chi connectivity index (χ4n) is 0.849. The van der Waals surface area contributed by atoms with Crippen molar-refractivity contribution < 1.29 is 17.9 Å². The minimum Gasteiger partial charge on any atom is -0.394 e. The third kappa shape index (κ3) is 2.43. The molecule has 0 amide bonds. The number of alkyl halides is 1.